The molecule has 0 saturated carbocycles. The van der Waals surface area contributed by atoms with Crippen LogP contribution in [0.1, 0.15) is 30.0 Å². The highest BCUT2D eigenvalue weighted by atomic mass is 32.2. The van der Waals surface area contributed by atoms with Crippen LogP contribution in [0.4, 0.5) is 5.69 Å². The van der Waals surface area contributed by atoms with E-state index in [0.717, 1.165) is 28.3 Å². The molecule has 0 aromatic heterocycles. The first-order valence-electron chi connectivity index (χ1n) is 12.6. The predicted octanol–water partition coefficient (Wildman–Crippen LogP) is 4.61. The van der Waals surface area contributed by atoms with Gasteiger partial charge in [-0.2, -0.15) is 10.1 Å². The van der Waals surface area contributed by atoms with E-state index in [0.29, 0.717) is 28.8 Å². The number of amidine groups is 1. The lowest BCUT2D eigenvalue weighted by Crippen LogP contribution is -2.25. The number of hydrogen-bond donors (Lipinski definition) is 1. The molecule has 3 aliphatic heterocycles. The summed E-state index contributed by atoms with van der Waals surface area (Å²) >= 11 is 1.25. The van der Waals surface area contributed by atoms with Crippen molar-refractivity contribution in [2.24, 2.45) is 10.1 Å². The zero-order valence-electron chi connectivity index (χ0n) is 21.8. The van der Waals surface area contributed by atoms with Crippen LogP contribution in [0.15, 0.2) is 76.8 Å². The van der Waals surface area contributed by atoms with Crippen LogP contribution >= 0.6 is 11.8 Å². The minimum atomic E-state index is -0.652. The van der Waals surface area contributed by atoms with Crippen molar-refractivity contribution >= 4 is 40.1 Å². The number of methoxy groups -OCH3 is 2. The average Bonchev–Trinajstić information content (AvgIpc) is 3.72. The summed E-state index contributed by atoms with van der Waals surface area (Å²) in [6.45, 7) is 0.150. The molecule has 3 aromatic rings. The normalized spacial score (nSPS) is 19.4. The molecule has 10 nitrogen and oxygen atoms in total. The van der Waals surface area contributed by atoms with Crippen LogP contribution in [-0.4, -0.2) is 54.0 Å². The van der Waals surface area contributed by atoms with Gasteiger partial charge in [-0.15, -0.1) is 0 Å². The lowest BCUT2D eigenvalue weighted by Gasteiger charge is -2.23. The lowest BCUT2D eigenvalue weighted by molar-refractivity contribution is -0.121. The first-order valence-corrected chi connectivity index (χ1v) is 13.5. The molecule has 0 fully saturated rings. The summed E-state index contributed by atoms with van der Waals surface area (Å²) < 4.78 is 21.3. The fourth-order valence-electron chi connectivity index (χ4n) is 4.69. The number of amides is 2. The molecule has 0 spiro atoms. The second-order valence-corrected chi connectivity index (χ2v) is 10.4. The van der Waals surface area contributed by atoms with Crippen molar-refractivity contribution in [1.29, 1.82) is 0 Å². The summed E-state index contributed by atoms with van der Waals surface area (Å²) in [5.74, 6) is 2.05. The van der Waals surface area contributed by atoms with Crippen molar-refractivity contribution in [3.63, 3.8) is 0 Å². The quantitative estimate of drug-likeness (QED) is 0.448. The largest absolute Gasteiger partial charge is 0.497 e. The van der Waals surface area contributed by atoms with Crippen LogP contribution in [0.2, 0.25) is 0 Å². The van der Waals surface area contributed by atoms with Crippen molar-refractivity contribution in [2.45, 2.75) is 24.1 Å². The molecule has 0 aliphatic carbocycles. The van der Waals surface area contributed by atoms with Crippen molar-refractivity contribution in [1.82, 2.24) is 5.01 Å². The summed E-state index contributed by atoms with van der Waals surface area (Å²) in [5, 5.41) is 9.33. The van der Waals surface area contributed by atoms with Gasteiger partial charge in [0.1, 0.15) is 16.7 Å². The number of benzene rings is 3. The molecule has 1 N–H and O–H groups in total. The number of hydrazone groups is 1. The molecule has 40 heavy (non-hydrogen) atoms. The van der Waals surface area contributed by atoms with E-state index in [2.05, 4.69) is 10.3 Å². The zero-order valence-corrected chi connectivity index (χ0v) is 22.6. The Bertz CT molecular complexity index is 1510. The number of fused-ring (bicyclic) bond motifs is 1. The van der Waals surface area contributed by atoms with Crippen molar-refractivity contribution in [3.8, 4) is 23.0 Å². The molecule has 11 heteroatoms. The van der Waals surface area contributed by atoms with Crippen LogP contribution in [0.5, 0.6) is 23.0 Å². The summed E-state index contributed by atoms with van der Waals surface area (Å²) in [5.41, 5.74) is 3.39. The van der Waals surface area contributed by atoms with Crippen molar-refractivity contribution < 1.29 is 28.5 Å². The number of ether oxygens (including phenoxy) is 4. The average molecular weight is 559 g/mol. The van der Waals surface area contributed by atoms with E-state index in [1.807, 2.05) is 48.5 Å². The molecular formula is C29H26N4O6S. The van der Waals surface area contributed by atoms with E-state index in [1.54, 1.807) is 37.4 Å². The topological polar surface area (TPSA) is 111 Å². The Morgan fingerprint density at radius 2 is 1.70 bits per heavy atom. The molecule has 0 saturated heterocycles. The Kier molecular flexibility index (Phi) is 7.04. The molecule has 3 aliphatic rings. The fourth-order valence-corrected chi connectivity index (χ4v) is 5.75. The molecule has 2 atom stereocenters. The number of rotatable bonds is 7. The van der Waals surface area contributed by atoms with E-state index < -0.39 is 5.25 Å². The third kappa shape index (κ3) is 5.20. The molecule has 0 unspecified atom stereocenters. The molecular weight excluding hydrogens is 532 g/mol. The number of nitrogens with zero attached hydrogens (tertiary/aromatic N) is 3. The van der Waals surface area contributed by atoms with E-state index in [4.69, 9.17) is 24.0 Å². The Hall–Kier alpha value is -4.51. The van der Waals surface area contributed by atoms with Crippen LogP contribution < -0.4 is 24.3 Å². The van der Waals surface area contributed by atoms with Gasteiger partial charge in [-0.3, -0.25) is 9.59 Å². The maximum absolute atomic E-state index is 12.9. The molecule has 3 aromatic carbocycles. The van der Waals surface area contributed by atoms with E-state index in [9.17, 15) is 9.59 Å². The van der Waals surface area contributed by atoms with Gasteiger partial charge in [-0.1, -0.05) is 23.9 Å². The molecule has 3 heterocycles. The minimum absolute atomic E-state index is 0.0268. The zero-order chi connectivity index (χ0) is 27.6. The van der Waals surface area contributed by atoms with Gasteiger partial charge in [0, 0.05) is 24.6 Å². The van der Waals surface area contributed by atoms with Gasteiger partial charge >= 0.3 is 0 Å². The van der Waals surface area contributed by atoms with Crippen molar-refractivity contribution in [2.75, 3.05) is 26.3 Å². The van der Waals surface area contributed by atoms with Crippen LogP contribution in [0, 0.1) is 0 Å². The number of nitrogens with one attached hydrogen (secondary N) is 1. The molecule has 0 radical (unpaired) electrons. The van der Waals surface area contributed by atoms with Gasteiger partial charge in [0.2, 0.25) is 12.7 Å². The van der Waals surface area contributed by atoms with Gasteiger partial charge in [-0.05, 0) is 59.7 Å². The van der Waals surface area contributed by atoms with E-state index >= 15 is 0 Å². The Labute approximate surface area is 235 Å². The fraction of sp³-hybridized carbons (Fsp3) is 0.241. The Balaban J connectivity index is 1.19. The van der Waals surface area contributed by atoms with Crippen molar-refractivity contribution in [3.05, 3.63) is 77.9 Å². The number of anilines is 1. The molecule has 204 valence electrons. The van der Waals surface area contributed by atoms with Crippen LogP contribution in [-0.2, 0) is 9.59 Å². The van der Waals surface area contributed by atoms with Crippen LogP contribution in [0.25, 0.3) is 0 Å². The first-order chi connectivity index (χ1) is 19.5. The number of carbonyl (C=O) groups excluding carboxylic acids is 2. The highest BCUT2D eigenvalue weighted by Crippen LogP contribution is 2.39. The summed E-state index contributed by atoms with van der Waals surface area (Å²) in [6, 6.07) is 20.5. The number of carbonyl (C=O) groups is 2. The number of aliphatic imine (C=N–C) groups is 1. The summed E-state index contributed by atoms with van der Waals surface area (Å²) in [7, 11) is 3.25. The highest BCUT2D eigenvalue weighted by molar-refractivity contribution is 8.15. The summed E-state index contributed by atoms with van der Waals surface area (Å²) in [4.78, 5) is 30.0. The molecule has 0 bridgehead atoms. The van der Waals surface area contributed by atoms with Gasteiger partial charge < -0.3 is 24.3 Å². The second kappa shape index (κ2) is 10.9. The molecule has 2 amide bonds. The van der Waals surface area contributed by atoms with Crippen LogP contribution in [0.3, 0.4) is 0 Å². The molecule has 6 rings (SSSR count). The number of hydrogen-bond acceptors (Lipinski definition) is 9. The SMILES string of the molecule is COc1ccc(C2=NN(C3=NC(=O)[C@@H](CC(=O)Nc4ccc5c(c4)OCO5)S3)[C@H](c3ccc(OC)cc3)C2)cc1. The smallest absolute Gasteiger partial charge is 0.262 e. The van der Waals surface area contributed by atoms with Gasteiger partial charge in [0.15, 0.2) is 16.7 Å². The standard InChI is InChI=1S/C29H26N4O6S/c1-36-20-8-3-17(4-9-20)22-14-23(18-5-10-21(37-2)11-6-18)33(32-22)29-31-28(35)26(40-29)15-27(34)30-19-7-12-24-25(13-19)39-16-38-24/h3-13,23,26H,14-16H2,1-2H3,(H,30,34)/t23-,26+/m0/s1. The second-order valence-electron chi connectivity index (χ2n) is 9.27. The summed E-state index contributed by atoms with van der Waals surface area (Å²) in [6.07, 6.45) is 0.586. The third-order valence-corrected chi connectivity index (χ3v) is 7.93. The lowest BCUT2D eigenvalue weighted by atomic mass is 9.98. The maximum atomic E-state index is 12.9. The minimum Gasteiger partial charge on any atom is -0.497 e. The highest BCUT2D eigenvalue weighted by Gasteiger charge is 2.39. The van der Waals surface area contributed by atoms with Gasteiger partial charge in [-0.25, -0.2) is 5.01 Å². The predicted molar refractivity (Wildman–Crippen MR) is 151 cm³/mol. The Morgan fingerprint density at radius 1 is 1.00 bits per heavy atom. The number of thioether (sulfide) groups is 1. The maximum Gasteiger partial charge on any atom is 0.262 e. The monoisotopic (exact) mass is 558 g/mol. The van der Waals surface area contributed by atoms with E-state index in [-0.39, 0.29) is 31.1 Å². The van der Waals surface area contributed by atoms with E-state index in [1.165, 1.54) is 11.8 Å². The Morgan fingerprint density at radius 3 is 2.42 bits per heavy atom. The van der Waals surface area contributed by atoms with Gasteiger partial charge in [0.05, 0.1) is 26.0 Å². The first kappa shape index (κ1) is 25.8. The third-order valence-electron chi connectivity index (χ3n) is 6.79. The van der Waals surface area contributed by atoms with Gasteiger partial charge in [0.25, 0.3) is 5.91 Å².